The van der Waals surface area contributed by atoms with E-state index in [-0.39, 0.29) is 42.7 Å². The highest BCUT2D eigenvalue weighted by molar-refractivity contribution is 5.87. The molecular formula is C20H32ClN3O2. The van der Waals surface area contributed by atoms with E-state index in [1.165, 1.54) is 6.42 Å². The predicted octanol–water partition coefficient (Wildman–Crippen LogP) is 2.87. The van der Waals surface area contributed by atoms with E-state index in [9.17, 15) is 9.59 Å². The van der Waals surface area contributed by atoms with Gasteiger partial charge in [-0.05, 0) is 24.3 Å². The first-order valence-electron chi connectivity index (χ1n) is 9.35. The highest BCUT2D eigenvalue weighted by atomic mass is 35.5. The monoisotopic (exact) mass is 381 g/mol. The van der Waals surface area contributed by atoms with Crippen LogP contribution in [0.5, 0.6) is 0 Å². The summed E-state index contributed by atoms with van der Waals surface area (Å²) in [7, 11) is 0. The van der Waals surface area contributed by atoms with Crippen LogP contribution in [-0.4, -0.2) is 35.3 Å². The summed E-state index contributed by atoms with van der Waals surface area (Å²) in [6.45, 7) is 4.41. The number of amides is 2. The van der Waals surface area contributed by atoms with Crippen molar-refractivity contribution in [2.24, 2.45) is 11.7 Å². The van der Waals surface area contributed by atoms with E-state index < -0.39 is 6.04 Å². The number of halogens is 1. The van der Waals surface area contributed by atoms with Crippen molar-refractivity contribution in [3.05, 3.63) is 35.9 Å². The fourth-order valence-electron chi connectivity index (χ4n) is 3.28. The Bertz CT molecular complexity index is 559. The van der Waals surface area contributed by atoms with Crippen LogP contribution in [-0.2, 0) is 16.1 Å². The zero-order valence-electron chi connectivity index (χ0n) is 15.8. The van der Waals surface area contributed by atoms with Gasteiger partial charge in [-0.3, -0.25) is 9.59 Å². The molecule has 0 unspecified atom stereocenters. The highest BCUT2D eigenvalue weighted by Gasteiger charge is 2.26. The van der Waals surface area contributed by atoms with Gasteiger partial charge in [-0.2, -0.15) is 0 Å². The minimum absolute atomic E-state index is 0. The van der Waals surface area contributed by atoms with Crippen molar-refractivity contribution in [1.29, 1.82) is 0 Å². The molecule has 6 heteroatoms. The molecule has 5 nitrogen and oxygen atoms in total. The van der Waals surface area contributed by atoms with Gasteiger partial charge >= 0.3 is 0 Å². The van der Waals surface area contributed by atoms with Crippen LogP contribution in [0.2, 0.25) is 0 Å². The van der Waals surface area contributed by atoms with E-state index in [1.54, 1.807) is 0 Å². The van der Waals surface area contributed by atoms with E-state index in [2.05, 4.69) is 5.32 Å². The van der Waals surface area contributed by atoms with Crippen molar-refractivity contribution in [2.75, 3.05) is 6.54 Å². The van der Waals surface area contributed by atoms with Crippen LogP contribution in [0.4, 0.5) is 0 Å². The summed E-state index contributed by atoms with van der Waals surface area (Å²) in [5, 5.41) is 2.71. The van der Waals surface area contributed by atoms with Crippen molar-refractivity contribution in [3.63, 3.8) is 0 Å². The van der Waals surface area contributed by atoms with Crippen molar-refractivity contribution in [3.8, 4) is 0 Å². The molecule has 0 bridgehead atoms. The average Bonchev–Trinajstić information content (AvgIpc) is 2.64. The Morgan fingerprint density at radius 1 is 1.15 bits per heavy atom. The normalized spacial score (nSPS) is 15.8. The molecule has 1 aromatic rings. The number of hydrogen-bond acceptors (Lipinski definition) is 3. The summed E-state index contributed by atoms with van der Waals surface area (Å²) in [6, 6.07) is 9.71. The van der Waals surface area contributed by atoms with Crippen LogP contribution in [0.1, 0.15) is 51.5 Å². The van der Waals surface area contributed by atoms with Crippen LogP contribution in [0, 0.1) is 5.92 Å². The molecule has 1 fully saturated rings. The fourth-order valence-corrected chi connectivity index (χ4v) is 3.28. The Hall–Kier alpha value is -1.59. The molecule has 1 aromatic carbocycles. The zero-order valence-corrected chi connectivity index (χ0v) is 16.6. The van der Waals surface area contributed by atoms with Gasteiger partial charge in [-0.1, -0.05) is 63.4 Å². The Morgan fingerprint density at radius 3 is 2.35 bits per heavy atom. The van der Waals surface area contributed by atoms with Crippen molar-refractivity contribution < 1.29 is 9.59 Å². The standard InChI is InChI=1S/C20H31N3O2.ClH/c1-15(2)19(21)20(25)22-13-18(24)23(17-11-7-4-8-12-17)14-16-9-5-3-6-10-16;/h3,5-6,9-10,15,17,19H,4,7-8,11-14,21H2,1-2H3,(H,22,25);1H/t19-;/m0./s1. The molecule has 146 valence electrons. The van der Waals surface area contributed by atoms with Gasteiger partial charge in [0, 0.05) is 12.6 Å². The van der Waals surface area contributed by atoms with Crippen LogP contribution in [0.3, 0.4) is 0 Å². The van der Waals surface area contributed by atoms with Gasteiger partial charge in [0.05, 0.1) is 12.6 Å². The van der Waals surface area contributed by atoms with Crippen LogP contribution >= 0.6 is 12.4 Å². The van der Waals surface area contributed by atoms with Crippen molar-refractivity contribution in [2.45, 2.75) is 64.6 Å². The van der Waals surface area contributed by atoms with E-state index in [4.69, 9.17) is 5.73 Å². The van der Waals surface area contributed by atoms with Crippen molar-refractivity contribution >= 4 is 24.2 Å². The van der Waals surface area contributed by atoms with Crippen LogP contribution in [0.15, 0.2) is 30.3 Å². The quantitative estimate of drug-likeness (QED) is 0.762. The first kappa shape index (κ1) is 22.5. The molecule has 2 amide bonds. The highest BCUT2D eigenvalue weighted by Crippen LogP contribution is 2.24. The number of carbonyl (C=O) groups is 2. The smallest absolute Gasteiger partial charge is 0.242 e. The number of benzene rings is 1. The molecule has 0 radical (unpaired) electrons. The molecule has 0 saturated heterocycles. The molecular weight excluding hydrogens is 350 g/mol. The van der Waals surface area contributed by atoms with E-state index in [0.29, 0.717) is 6.54 Å². The average molecular weight is 382 g/mol. The third kappa shape index (κ3) is 6.61. The molecule has 2 rings (SSSR count). The zero-order chi connectivity index (χ0) is 18.2. The Morgan fingerprint density at radius 2 is 1.77 bits per heavy atom. The Balaban J connectivity index is 0.00000338. The number of rotatable bonds is 7. The summed E-state index contributed by atoms with van der Waals surface area (Å²) in [4.78, 5) is 26.8. The van der Waals surface area contributed by atoms with Crippen LogP contribution < -0.4 is 11.1 Å². The number of nitrogens with one attached hydrogen (secondary N) is 1. The molecule has 1 atom stereocenters. The first-order chi connectivity index (χ1) is 12.0. The van der Waals surface area contributed by atoms with Gasteiger partial charge in [0.2, 0.25) is 11.8 Å². The van der Waals surface area contributed by atoms with Crippen LogP contribution in [0.25, 0.3) is 0 Å². The fraction of sp³-hybridized carbons (Fsp3) is 0.600. The van der Waals surface area contributed by atoms with Gasteiger partial charge in [0.1, 0.15) is 0 Å². The summed E-state index contributed by atoms with van der Waals surface area (Å²) in [6.07, 6.45) is 5.64. The molecule has 26 heavy (non-hydrogen) atoms. The van der Waals surface area contributed by atoms with E-state index in [0.717, 1.165) is 31.2 Å². The lowest BCUT2D eigenvalue weighted by molar-refractivity contribution is -0.136. The number of hydrogen-bond donors (Lipinski definition) is 2. The van der Waals surface area contributed by atoms with Gasteiger partial charge in [-0.15, -0.1) is 12.4 Å². The molecule has 1 aliphatic rings. The third-order valence-electron chi connectivity index (χ3n) is 4.97. The van der Waals surface area contributed by atoms with E-state index >= 15 is 0 Å². The lowest BCUT2D eigenvalue weighted by Crippen LogP contribution is -2.50. The van der Waals surface area contributed by atoms with Gasteiger partial charge in [-0.25, -0.2) is 0 Å². The lowest BCUT2D eigenvalue weighted by Gasteiger charge is -2.34. The number of carbonyl (C=O) groups excluding carboxylic acids is 2. The second kappa shape index (κ2) is 11.2. The molecule has 0 aliphatic heterocycles. The maximum Gasteiger partial charge on any atom is 0.242 e. The maximum absolute atomic E-state index is 12.8. The summed E-state index contributed by atoms with van der Waals surface area (Å²) in [5.41, 5.74) is 6.97. The summed E-state index contributed by atoms with van der Waals surface area (Å²) < 4.78 is 0. The molecule has 1 saturated carbocycles. The predicted molar refractivity (Wildman–Crippen MR) is 107 cm³/mol. The largest absolute Gasteiger partial charge is 0.346 e. The maximum atomic E-state index is 12.8. The van der Waals surface area contributed by atoms with Crippen molar-refractivity contribution in [1.82, 2.24) is 10.2 Å². The Labute approximate surface area is 163 Å². The van der Waals surface area contributed by atoms with E-state index in [1.807, 2.05) is 49.1 Å². The molecule has 3 N–H and O–H groups in total. The molecule has 0 aromatic heterocycles. The first-order valence-corrected chi connectivity index (χ1v) is 9.35. The van der Waals surface area contributed by atoms with Gasteiger partial charge in [0.25, 0.3) is 0 Å². The van der Waals surface area contributed by atoms with Gasteiger partial charge < -0.3 is 16.0 Å². The molecule has 0 spiro atoms. The minimum atomic E-state index is -0.579. The Kier molecular flexibility index (Phi) is 9.66. The number of nitrogens with two attached hydrogens (primary N) is 1. The minimum Gasteiger partial charge on any atom is -0.346 e. The topological polar surface area (TPSA) is 75.4 Å². The molecule has 0 heterocycles. The lowest BCUT2D eigenvalue weighted by atomic mass is 9.93. The number of nitrogens with zero attached hydrogens (tertiary/aromatic N) is 1. The summed E-state index contributed by atoms with van der Waals surface area (Å²) in [5.74, 6) is -0.236. The third-order valence-corrected chi connectivity index (χ3v) is 4.97. The van der Waals surface area contributed by atoms with Gasteiger partial charge in [0.15, 0.2) is 0 Å². The SMILES string of the molecule is CC(C)[C@H](N)C(=O)NCC(=O)N(Cc1ccccc1)C1CCCCC1.Cl. The second-order valence-corrected chi connectivity index (χ2v) is 7.29. The second-order valence-electron chi connectivity index (χ2n) is 7.29. The summed E-state index contributed by atoms with van der Waals surface area (Å²) >= 11 is 0. The molecule has 1 aliphatic carbocycles.